The van der Waals surface area contributed by atoms with Crippen LogP contribution < -0.4 is 52.6 Å². The third-order valence-corrected chi connectivity index (χ3v) is 19.4. The summed E-state index contributed by atoms with van der Waals surface area (Å²) in [6.07, 6.45) is 4.05. The summed E-state index contributed by atoms with van der Waals surface area (Å²) in [5.41, 5.74) is -0.00769. The maximum absolute atomic E-state index is 10.3. The minimum Gasteiger partial charge on any atom is -0.550 e. The topological polar surface area (TPSA) is 80.3 Å². The highest BCUT2D eigenvalue weighted by Gasteiger charge is 2.48. The van der Waals surface area contributed by atoms with Gasteiger partial charge in [-0.1, -0.05) is 164 Å². The Morgan fingerprint density at radius 1 is 0.355 bits per heavy atom. The van der Waals surface area contributed by atoms with E-state index in [-0.39, 0.29) is 12.0 Å². The van der Waals surface area contributed by atoms with Crippen molar-refractivity contribution in [3.63, 3.8) is 0 Å². The summed E-state index contributed by atoms with van der Waals surface area (Å²) in [4.78, 5) is 20.6. The van der Waals surface area contributed by atoms with Crippen LogP contribution in [0.4, 0.5) is 0 Å². The summed E-state index contributed by atoms with van der Waals surface area (Å²) < 4.78 is 0. The lowest BCUT2D eigenvalue weighted by atomic mass is 9.95. The number of rotatable bonds is 10. The molecule has 0 N–H and O–H groups in total. The molecular weight excluding hydrogens is 799 g/mol. The molecule has 1 unspecified atom stereocenters. The molecule has 0 bridgehead atoms. The van der Waals surface area contributed by atoms with Gasteiger partial charge in [0, 0.05) is 11.9 Å². The zero-order valence-corrected chi connectivity index (χ0v) is 35.9. The molecule has 6 heteroatoms. The summed E-state index contributed by atoms with van der Waals surface area (Å²) in [6, 6.07) is 87.7. The van der Waals surface area contributed by atoms with Gasteiger partial charge < -0.3 is 19.8 Å². The maximum atomic E-state index is 10.3. The van der Waals surface area contributed by atoms with Crippen molar-refractivity contribution >= 4 is 68.9 Å². The van der Waals surface area contributed by atoms with Crippen molar-refractivity contribution in [1.29, 1.82) is 0 Å². The number of carbonyl (C=O) groups is 2. The van der Waals surface area contributed by atoms with Crippen LogP contribution >= 0.6 is 14.5 Å². The quantitative estimate of drug-likeness (QED) is 0.146. The first-order chi connectivity index (χ1) is 30.5. The molecule has 8 aromatic carbocycles. The molecule has 0 radical (unpaired) electrons. The summed E-state index contributed by atoms with van der Waals surface area (Å²) in [5, 5.41) is 31.7. The normalized spacial score (nSPS) is 13.2. The van der Waals surface area contributed by atoms with Crippen molar-refractivity contribution in [2.24, 2.45) is 5.92 Å². The molecule has 0 fully saturated rings. The van der Waals surface area contributed by atoms with Crippen LogP contribution in [0, 0.1) is 5.92 Å². The monoisotopic (exact) mass is 844 g/mol. The summed E-state index contributed by atoms with van der Waals surface area (Å²) >= 11 is 0. The second-order valence-corrected chi connectivity index (χ2v) is 21.3. The molecule has 62 heavy (non-hydrogen) atoms. The zero-order chi connectivity index (χ0) is 43.0. The van der Waals surface area contributed by atoms with Crippen molar-refractivity contribution < 1.29 is 19.8 Å². The van der Waals surface area contributed by atoms with E-state index in [1.54, 1.807) is 0 Å². The van der Waals surface area contributed by atoms with Crippen LogP contribution in [-0.4, -0.2) is 11.9 Å². The Labute approximate surface area is 365 Å². The zero-order valence-electron chi connectivity index (χ0n) is 34.1. The Kier molecular flexibility index (Phi) is 14.6. The predicted molar refractivity (Wildman–Crippen MR) is 258 cm³/mol. The molecule has 0 aromatic heterocycles. The molecule has 0 saturated carbocycles. The number of carboxylic acid groups (broad SMARTS) is 2. The van der Waals surface area contributed by atoms with Crippen LogP contribution in [0.15, 0.2) is 266 Å². The lowest BCUT2D eigenvalue weighted by Crippen LogP contribution is -2.38. The second-order valence-electron chi connectivity index (χ2n) is 14.5. The minimum atomic E-state index is -1.91. The summed E-state index contributed by atoms with van der Waals surface area (Å²) in [7, 11) is -3.81. The first-order valence-electron chi connectivity index (χ1n) is 20.5. The van der Waals surface area contributed by atoms with Crippen LogP contribution in [-0.2, 0) is 9.59 Å². The van der Waals surface area contributed by atoms with Crippen LogP contribution in [0.1, 0.15) is 6.42 Å². The van der Waals surface area contributed by atoms with Gasteiger partial charge in [-0.2, -0.15) is 0 Å². The van der Waals surface area contributed by atoms with E-state index in [1.165, 1.54) is 60.7 Å². The molecule has 1 atom stereocenters. The van der Waals surface area contributed by atoms with Crippen molar-refractivity contribution in [2.45, 2.75) is 6.42 Å². The number of allylic oxidation sites excluding steroid dienone is 2. The van der Waals surface area contributed by atoms with Crippen LogP contribution in [0.25, 0.3) is 0 Å². The molecule has 8 aromatic rings. The first kappa shape index (κ1) is 43.1. The van der Waals surface area contributed by atoms with Gasteiger partial charge in [-0.3, -0.25) is 0 Å². The van der Waals surface area contributed by atoms with E-state index in [1.807, 2.05) is 0 Å². The molecule has 1 aliphatic rings. The summed E-state index contributed by atoms with van der Waals surface area (Å²) in [6.45, 7) is 0. The molecule has 0 heterocycles. The molecule has 0 saturated heterocycles. The van der Waals surface area contributed by atoms with E-state index in [0.29, 0.717) is 0 Å². The SMILES string of the molecule is O=C([O-])C1=CC=CC(C(=O)[O-])C1.c1ccc([P+](c2ccccc2)(c2ccccc2)c2ccccc2)cc1.c1ccc([P+](c2ccccc2)(c2ccccc2)c2ccccc2)cc1. The van der Waals surface area contributed by atoms with Gasteiger partial charge in [0.1, 0.15) is 57.0 Å². The lowest BCUT2D eigenvalue weighted by Gasteiger charge is -2.27. The van der Waals surface area contributed by atoms with Crippen molar-refractivity contribution in [2.75, 3.05) is 0 Å². The van der Waals surface area contributed by atoms with E-state index >= 15 is 0 Å². The van der Waals surface area contributed by atoms with Gasteiger partial charge in [0.15, 0.2) is 0 Å². The van der Waals surface area contributed by atoms with Gasteiger partial charge in [0.2, 0.25) is 0 Å². The third-order valence-electron chi connectivity index (χ3n) is 10.8. The predicted octanol–water partition coefficient (Wildman–Crippen LogP) is 6.60. The van der Waals surface area contributed by atoms with Crippen LogP contribution in [0.3, 0.4) is 0 Å². The minimum absolute atomic E-state index is 0.00769. The number of hydrogen-bond donors (Lipinski definition) is 0. The fraction of sp³-hybridized carbons (Fsp3) is 0.0357. The third kappa shape index (κ3) is 9.49. The van der Waals surface area contributed by atoms with Crippen molar-refractivity contribution in [3.05, 3.63) is 266 Å². The van der Waals surface area contributed by atoms with E-state index < -0.39 is 32.4 Å². The average molecular weight is 845 g/mol. The van der Waals surface area contributed by atoms with Crippen molar-refractivity contribution in [3.8, 4) is 0 Å². The molecule has 304 valence electrons. The van der Waals surface area contributed by atoms with Gasteiger partial charge in [0.25, 0.3) is 0 Å². The van der Waals surface area contributed by atoms with Gasteiger partial charge in [-0.05, 0) is 109 Å². The van der Waals surface area contributed by atoms with E-state index in [4.69, 9.17) is 0 Å². The number of carbonyl (C=O) groups excluding carboxylic acids is 2. The molecule has 0 spiro atoms. The average Bonchev–Trinajstić information content (AvgIpc) is 3.35. The number of hydrogen-bond acceptors (Lipinski definition) is 4. The van der Waals surface area contributed by atoms with Crippen LogP contribution in [0.5, 0.6) is 0 Å². The first-order valence-corrected chi connectivity index (χ1v) is 24.1. The smallest absolute Gasteiger partial charge is 0.144 e. The highest BCUT2D eigenvalue weighted by molar-refractivity contribution is 8.02. The summed E-state index contributed by atoms with van der Waals surface area (Å²) in [5.74, 6) is -3.44. The van der Waals surface area contributed by atoms with Crippen molar-refractivity contribution in [1.82, 2.24) is 0 Å². The Balaban J connectivity index is 0.000000149. The fourth-order valence-electron chi connectivity index (χ4n) is 7.99. The van der Waals surface area contributed by atoms with E-state index in [9.17, 15) is 19.8 Å². The van der Waals surface area contributed by atoms with E-state index in [0.717, 1.165) is 0 Å². The Hall–Kier alpha value is -6.96. The van der Waals surface area contributed by atoms with Crippen LogP contribution in [0.2, 0.25) is 0 Å². The highest BCUT2D eigenvalue weighted by Crippen LogP contribution is 2.55. The Bertz CT molecular complexity index is 2190. The molecule has 9 rings (SSSR count). The molecule has 0 aliphatic heterocycles. The van der Waals surface area contributed by atoms with Gasteiger partial charge in [-0.15, -0.1) is 0 Å². The van der Waals surface area contributed by atoms with Gasteiger partial charge in [-0.25, -0.2) is 0 Å². The van der Waals surface area contributed by atoms with E-state index in [2.05, 4.69) is 243 Å². The van der Waals surface area contributed by atoms with Gasteiger partial charge >= 0.3 is 0 Å². The number of benzene rings is 8. The molecule has 1 aliphatic carbocycles. The Morgan fingerprint density at radius 2 is 0.565 bits per heavy atom. The fourth-order valence-corrected chi connectivity index (χ4v) is 16.5. The second kappa shape index (κ2) is 21.0. The largest absolute Gasteiger partial charge is 0.550 e. The van der Waals surface area contributed by atoms with Gasteiger partial charge in [0.05, 0.1) is 5.97 Å². The molecule has 0 amide bonds. The maximum Gasteiger partial charge on any atom is 0.144 e. The Morgan fingerprint density at radius 3 is 0.742 bits per heavy atom. The molecule has 4 nitrogen and oxygen atoms in total. The highest BCUT2D eigenvalue weighted by atomic mass is 31.2. The number of aliphatic carboxylic acids is 2. The molecular formula is C56H46O4P2. The lowest BCUT2D eigenvalue weighted by molar-refractivity contribution is -0.309. The standard InChI is InChI=1S/2C24H20P.C8H8O4/c2*1-5-13-21(14-6-1)25(22-15-7-2-8-16-22,23-17-9-3-10-18-23)24-19-11-4-12-20-24;9-7(10)5-2-1-3-6(4-5)8(11)12/h2*1-20H;1-3,5H,4H2,(H,9,10)(H,11,12)/q2*+1;/p-2. The number of carboxylic acids is 2.